The average molecular weight is 487 g/mol. The maximum absolute atomic E-state index is 13.4. The van der Waals surface area contributed by atoms with E-state index in [4.69, 9.17) is 15.0 Å². The predicted octanol–water partition coefficient (Wildman–Crippen LogP) is 4.69. The van der Waals surface area contributed by atoms with Crippen molar-refractivity contribution >= 4 is 28.4 Å². The van der Waals surface area contributed by atoms with Crippen molar-refractivity contribution in [3.63, 3.8) is 0 Å². The lowest BCUT2D eigenvalue weighted by Gasteiger charge is -2.13. The molecule has 0 aliphatic carbocycles. The summed E-state index contributed by atoms with van der Waals surface area (Å²) in [6.45, 7) is 5.41. The Labute approximate surface area is 208 Å². The summed E-state index contributed by atoms with van der Waals surface area (Å²) < 4.78 is 8.80. The summed E-state index contributed by atoms with van der Waals surface area (Å²) in [7, 11) is 1.68. The molecule has 0 aliphatic rings. The number of rotatable bonds is 9. The van der Waals surface area contributed by atoms with E-state index in [9.17, 15) is 9.59 Å². The number of para-hydroxylation sites is 1. The fourth-order valence-corrected chi connectivity index (χ4v) is 5.02. The summed E-state index contributed by atoms with van der Waals surface area (Å²) in [4.78, 5) is 31.3. The van der Waals surface area contributed by atoms with Gasteiger partial charge in [-0.3, -0.25) is 14.2 Å². The van der Waals surface area contributed by atoms with Gasteiger partial charge < -0.3 is 9.30 Å². The van der Waals surface area contributed by atoms with Crippen molar-refractivity contribution in [3.05, 3.63) is 87.5 Å². The van der Waals surface area contributed by atoms with Gasteiger partial charge in [-0.1, -0.05) is 23.9 Å². The Morgan fingerprint density at radius 1 is 1.14 bits per heavy atom. The molecule has 0 saturated heterocycles. The predicted molar refractivity (Wildman–Crippen MR) is 138 cm³/mol. The Kier molecular flexibility index (Phi) is 7.49. The molecule has 178 valence electrons. The van der Waals surface area contributed by atoms with E-state index < -0.39 is 0 Å². The van der Waals surface area contributed by atoms with Crippen LogP contribution in [0.15, 0.2) is 64.5 Å². The third kappa shape index (κ3) is 5.06. The van der Waals surface area contributed by atoms with Gasteiger partial charge in [0.1, 0.15) is 0 Å². The van der Waals surface area contributed by atoms with E-state index in [1.807, 2.05) is 26.0 Å². The highest BCUT2D eigenvalue weighted by Crippen LogP contribution is 2.24. The lowest BCUT2D eigenvalue weighted by molar-refractivity contribution is 0.102. The van der Waals surface area contributed by atoms with Crippen molar-refractivity contribution in [2.75, 3.05) is 19.5 Å². The van der Waals surface area contributed by atoms with Crippen LogP contribution < -0.4 is 5.56 Å². The molecule has 0 fully saturated rings. The third-order valence-electron chi connectivity index (χ3n) is 5.94. The van der Waals surface area contributed by atoms with E-state index in [0.717, 1.165) is 24.4 Å². The Hall–Kier alpha value is -3.67. The van der Waals surface area contributed by atoms with Gasteiger partial charge in [0, 0.05) is 37.2 Å². The van der Waals surface area contributed by atoms with Gasteiger partial charge in [0.05, 0.1) is 34.0 Å². The number of ether oxygens (including phenoxy) is 1. The van der Waals surface area contributed by atoms with Crippen LogP contribution in [0.1, 0.15) is 33.7 Å². The summed E-state index contributed by atoms with van der Waals surface area (Å²) in [5.74, 6) is 0.124. The number of aromatic nitrogens is 3. The number of thioether (sulfide) groups is 1. The normalized spacial score (nSPS) is 11.0. The van der Waals surface area contributed by atoms with Crippen molar-refractivity contribution in [1.82, 2.24) is 14.1 Å². The molecule has 0 saturated carbocycles. The Morgan fingerprint density at radius 3 is 2.60 bits per heavy atom. The molecule has 0 N–H and O–H groups in total. The minimum atomic E-state index is -0.216. The number of hydrogen-bond donors (Lipinski definition) is 0. The van der Waals surface area contributed by atoms with E-state index >= 15 is 0 Å². The number of fused-ring (bicyclic) bond motifs is 1. The molecule has 0 atom stereocenters. The number of ketones is 1. The second-order valence-electron chi connectivity index (χ2n) is 8.21. The van der Waals surface area contributed by atoms with Crippen LogP contribution in [-0.4, -0.2) is 39.4 Å². The van der Waals surface area contributed by atoms with E-state index in [0.29, 0.717) is 39.5 Å². The van der Waals surface area contributed by atoms with Gasteiger partial charge >= 0.3 is 0 Å². The second-order valence-corrected chi connectivity index (χ2v) is 9.15. The molecular weight excluding hydrogens is 460 g/mol. The smallest absolute Gasteiger partial charge is 0.266 e. The number of aryl methyl sites for hydroxylation is 1. The van der Waals surface area contributed by atoms with Crippen molar-refractivity contribution in [1.29, 1.82) is 5.26 Å². The van der Waals surface area contributed by atoms with Crippen molar-refractivity contribution in [3.8, 4) is 11.8 Å². The molecule has 0 unspecified atom stereocenters. The molecular formula is C27H26N4O3S. The van der Waals surface area contributed by atoms with E-state index in [-0.39, 0.29) is 17.1 Å². The molecule has 35 heavy (non-hydrogen) atoms. The van der Waals surface area contributed by atoms with Gasteiger partial charge in [0.15, 0.2) is 10.9 Å². The van der Waals surface area contributed by atoms with Gasteiger partial charge in [0.25, 0.3) is 5.56 Å². The Balaban J connectivity index is 1.66. The molecule has 2 aromatic heterocycles. The fraction of sp³-hybridized carbons (Fsp3) is 0.259. The van der Waals surface area contributed by atoms with Crippen LogP contribution in [0.2, 0.25) is 0 Å². The zero-order valence-corrected chi connectivity index (χ0v) is 20.8. The summed E-state index contributed by atoms with van der Waals surface area (Å²) >= 11 is 1.24. The first kappa shape index (κ1) is 24.5. The fourth-order valence-electron chi connectivity index (χ4n) is 4.12. The number of hydrogen-bond acceptors (Lipinski definition) is 6. The first-order valence-corrected chi connectivity index (χ1v) is 12.3. The second kappa shape index (κ2) is 10.7. The molecule has 4 rings (SSSR count). The number of methoxy groups -OCH3 is 1. The van der Waals surface area contributed by atoms with Crippen molar-refractivity contribution < 1.29 is 9.53 Å². The molecule has 2 aromatic carbocycles. The number of benzene rings is 2. The first-order valence-electron chi connectivity index (χ1n) is 11.3. The SMILES string of the molecule is COCCCn1c(C)cc(C(=O)CSc2nc3ccccc3c(=O)n2-c2ccc(C#N)cc2)c1C. The molecule has 0 bridgehead atoms. The summed E-state index contributed by atoms with van der Waals surface area (Å²) in [6.07, 6.45) is 0.868. The average Bonchev–Trinajstić information content (AvgIpc) is 3.16. The zero-order chi connectivity index (χ0) is 24.9. The number of carbonyl (C=O) groups is 1. The van der Waals surface area contributed by atoms with Crippen LogP contribution in [0.25, 0.3) is 16.6 Å². The van der Waals surface area contributed by atoms with Crippen LogP contribution >= 0.6 is 11.8 Å². The van der Waals surface area contributed by atoms with Gasteiger partial charge in [-0.05, 0) is 62.7 Å². The number of Topliss-reactive ketones (excluding diaryl/α,β-unsaturated/α-hetero) is 1. The van der Waals surface area contributed by atoms with Gasteiger partial charge in [-0.15, -0.1) is 0 Å². The van der Waals surface area contributed by atoms with Gasteiger partial charge in [0.2, 0.25) is 0 Å². The number of nitrogens with zero attached hydrogens (tertiary/aromatic N) is 4. The van der Waals surface area contributed by atoms with E-state index in [1.165, 1.54) is 16.3 Å². The van der Waals surface area contributed by atoms with Crippen LogP contribution in [0, 0.1) is 25.2 Å². The lowest BCUT2D eigenvalue weighted by atomic mass is 10.2. The minimum absolute atomic E-state index is 0.0186. The summed E-state index contributed by atoms with van der Waals surface area (Å²) in [5, 5.41) is 10.1. The number of nitriles is 1. The van der Waals surface area contributed by atoms with E-state index in [1.54, 1.807) is 49.6 Å². The molecule has 2 heterocycles. The monoisotopic (exact) mass is 486 g/mol. The van der Waals surface area contributed by atoms with Crippen molar-refractivity contribution in [2.45, 2.75) is 32.0 Å². The highest BCUT2D eigenvalue weighted by Gasteiger charge is 2.19. The first-order chi connectivity index (χ1) is 16.9. The standard InChI is InChI=1S/C27H26N4O3S/c1-18-15-23(19(2)30(18)13-6-14-34-3)25(32)17-35-27-29-24-8-5-4-7-22(24)26(33)31(27)21-11-9-20(16-28)10-12-21/h4-5,7-12,15H,6,13-14,17H2,1-3H3. The van der Waals surface area contributed by atoms with Crippen LogP contribution in [0.4, 0.5) is 0 Å². The summed E-state index contributed by atoms with van der Waals surface area (Å²) in [6, 6.07) is 17.9. The van der Waals surface area contributed by atoms with Gasteiger partial charge in [-0.25, -0.2) is 4.98 Å². The van der Waals surface area contributed by atoms with Crippen molar-refractivity contribution in [2.24, 2.45) is 0 Å². The molecule has 7 nitrogen and oxygen atoms in total. The van der Waals surface area contributed by atoms with E-state index in [2.05, 4.69) is 10.6 Å². The maximum Gasteiger partial charge on any atom is 0.266 e. The molecule has 0 amide bonds. The van der Waals surface area contributed by atoms with Crippen LogP contribution in [0.5, 0.6) is 0 Å². The Morgan fingerprint density at radius 2 is 1.89 bits per heavy atom. The topological polar surface area (TPSA) is 89.9 Å². The molecule has 0 aliphatic heterocycles. The largest absolute Gasteiger partial charge is 0.385 e. The Bertz CT molecular complexity index is 1480. The lowest BCUT2D eigenvalue weighted by Crippen LogP contribution is -2.22. The molecule has 0 radical (unpaired) electrons. The number of carbonyl (C=O) groups excluding carboxylic acids is 1. The quantitative estimate of drug-likeness (QED) is 0.148. The maximum atomic E-state index is 13.4. The zero-order valence-electron chi connectivity index (χ0n) is 19.9. The van der Waals surface area contributed by atoms with Gasteiger partial charge in [-0.2, -0.15) is 5.26 Å². The molecule has 4 aromatic rings. The summed E-state index contributed by atoms with van der Waals surface area (Å²) in [5.41, 5.74) is 4.10. The molecule has 8 heteroatoms. The highest BCUT2D eigenvalue weighted by molar-refractivity contribution is 7.99. The highest BCUT2D eigenvalue weighted by atomic mass is 32.2. The minimum Gasteiger partial charge on any atom is -0.385 e. The third-order valence-corrected chi connectivity index (χ3v) is 6.87. The van der Waals surface area contributed by atoms with Crippen LogP contribution in [0.3, 0.4) is 0 Å². The van der Waals surface area contributed by atoms with Crippen LogP contribution in [-0.2, 0) is 11.3 Å². The molecule has 0 spiro atoms.